The van der Waals surface area contributed by atoms with E-state index in [1.54, 1.807) is 11.9 Å². The number of hydrogen-bond donors (Lipinski definition) is 1. The lowest BCUT2D eigenvalue weighted by atomic mass is 10.3. The van der Waals surface area contributed by atoms with E-state index in [-0.39, 0.29) is 12.5 Å². The summed E-state index contributed by atoms with van der Waals surface area (Å²) in [6.45, 7) is 1.38. The van der Waals surface area contributed by atoms with E-state index in [0.717, 1.165) is 12.2 Å². The van der Waals surface area contributed by atoms with Gasteiger partial charge in [-0.3, -0.25) is 4.79 Å². The van der Waals surface area contributed by atoms with E-state index in [1.807, 2.05) is 30.3 Å². The Bertz CT molecular complexity index is 366. The minimum atomic E-state index is -0.556. The summed E-state index contributed by atoms with van der Waals surface area (Å²) in [6, 6.07) is 9.61. The zero-order chi connectivity index (χ0) is 14.1. The van der Waals surface area contributed by atoms with E-state index in [9.17, 15) is 4.79 Å². The van der Waals surface area contributed by atoms with Crippen LogP contribution < -0.4 is 10.5 Å². The van der Waals surface area contributed by atoms with Crippen LogP contribution in [0.2, 0.25) is 0 Å². The Balaban J connectivity index is 2.23. The molecule has 0 saturated carbocycles. The Hall–Kier alpha value is -1.59. The Morgan fingerprint density at radius 2 is 2.05 bits per heavy atom. The van der Waals surface area contributed by atoms with Gasteiger partial charge in [-0.2, -0.15) is 0 Å². The average Bonchev–Trinajstić information content (AvgIpc) is 2.45. The first-order valence-corrected chi connectivity index (χ1v) is 6.34. The largest absolute Gasteiger partial charge is 0.494 e. The van der Waals surface area contributed by atoms with E-state index in [1.165, 1.54) is 7.11 Å². The fraction of sp³-hybridized carbons (Fsp3) is 0.500. The molecule has 0 aliphatic carbocycles. The summed E-state index contributed by atoms with van der Waals surface area (Å²) in [5.74, 6) is 0.748. The van der Waals surface area contributed by atoms with Crippen molar-refractivity contribution in [3.8, 4) is 5.75 Å². The second kappa shape index (κ2) is 8.50. The molecular formula is C14H22N2O3. The standard InChI is InChI=1S/C14H22N2O3/c1-16(14(17)13(11-15)18-2)9-6-10-19-12-7-4-3-5-8-12/h3-5,7-8,13H,6,9-11,15H2,1-2H3. The number of carbonyl (C=O) groups excluding carboxylic acids is 1. The number of likely N-dealkylation sites (N-methyl/N-ethyl adjacent to an activating group) is 1. The van der Waals surface area contributed by atoms with Gasteiger partial charge in [0.2, 0.25) is 0 Å². The summed E-state index contributed by atoms with van der Waals surface area (Å²) in [4.78, 5) is 13.5. The number of hydrogen-bond acceptors (Lipinski definition) is 4. The average molecular weight is 266 g/mol. The number of nitrogens with two attached hydrogens (primary N) is 1. The third kappa shape index (κ3) is 5.28. The highest BCUT2D eigenvalue weighted by molar-refractivity contribution is 5.80. The molecule has 0 radical (unpaired) electrons. The quantitative estimate of drug-likeness (QED) is 0.710. The van der Waals surface area contributed by atoms with E-state index in [2.05, 4.69) is 0 Å². The summed E-state index contributed by atoms with van der Waals surface area (Å²) in [5, 5.41) is 0. The molecule has 1 unspecified atom stereocenters. The zero-order valence-corrected chi connectivity index (χ0v) is 11.5. The molecule has 1 atom stereocenters. The second-order valence-electron chi connectivity index (χ2n) is 4.23. The molecule has 1 rings (SSSR count). The Morgan fingerprint density at radius 3 is 2.63 bits per heavy atom. The number of para-hydroxylation sites is 1. The van der Waals surface area contributed by atoms with Gasteiger partial charge in [-0.05, 0) is 18.6 Å². The SMILES string of the molecule is COC(CN)C(=O)N(C)CCCOc1ccccc1. The number of amides is 1. The molecule has 0 aliphatic heterocycles. The van der Waals surface area contributed by atoms with Crippen LogP contribution in [0.5, 0.6) is 5.75 Å². The van der Waals surface area contributed by atoms with Gasteiger partial charge >= 0.3 is 0 Å². The summed E-state index contributed by atoms with van der Waals surface area (Å²) in [5.41, 5.74) is 5.46. The number of rotatable bonds is 8. The lowest BCUT2D eigenvalue weighted by Gasteiger charge is -2.21. The molecule has 5 heteroatoms. The Labute approximate surface area is 114 Å². The highest BCUT2D eigenvalue weighted by Gasteiger charge is 2.19. The molecule has 0 heterocycles. The van der Waals surface area contributed by atoms with Crippen LogP contribution in [0.15, 0.2) is 30.3 Å². The number of nitrogens with zero attached hydrogens (tertiary/aromatic N) is 1. The smallest absolute Gasteiger partial charge is 0.252 e. The highest BCUT2D eigenvalue weighted by Crippen LogP contribution is 2.08. The van der Waals surface area contributed by atoms with Crippen molar-refractivity contribution in [2.24, 2.45) is 5.73 Å². The van der Waals surface area contributed by atoms with Gasteiger partial charge in [-0.25, -0.2) is 0 Å². The first-order valence-electron chi connectivity index (χ1n) is 6.34. The van der Waals surface area contributed by atoms with Gasteiger partial charge in [0.05, 0.1) is 6.61 Å². The topological polar surface area (TPSA) is 64.8 Å². The monoisotopic (exact) mass is 266 g/mol. The number of carbonyl (C=O) groups is 1. The van der Waals surface area contributed by atoms with E-state index >= 15 is 0 Å². The van der Waals surface area contributed by atoms with Crippen LogP contribution in [0.1, 0.15) is 6.42 Å². The minimum Gasteiger partial charge on any atom is -0.494 e. The van der Waals surface area contributed by atoms with Crippen LogP contribution in [0, 0.1) is 0 Å². The summed E-state index contributed by atoms with van der Waals surface area (Å²) < 4.78 is 10.6. The molecule has 1 aromatic rings. The van der Waals surface area contributed by atoms with Gasteiger partial charge in [-0.1, -0.05) is 18.2 Å². The lowest BCUT2D eigenvalue weighted by Crippen LogP contribution is -2.42. The van der Waals surface area contributed by atoms with Gasteiger partial charge in [0.25, 0.3) is 5.91 Å². The van der Waals surface area contributed by atoms with Gasteiger partial charge in [-0.15, -0.1) is 0 Å². The number of methoxy groups -OCH3 is 1. The van der Waals surface area contributed by atoms with Crippen molar-refractivity contribution in [2.45, 2.75) is 12.5 Å². The van der Waals surface area contributed by atoms with Gasteiger partial charge in [0.15, 0.2) is 0 Å². The van der Waals surface area contributed by atoms with Crippen LogP contribution in [0.25, 0.3) is 0 Å². The fourth-order valence-electron chi connectivity index (χ4n) is 1.66. The van der Waals surface area contributed by atoms with Crippen molar-refractivity contribution < 1.29 is 14.3 Å². The highest BCUT2D eigenvalue weighted by atomic mass is 16.5. The first-order chi connectivity index (χ1) is 9.19. The predicted molar refractivity (Wildman–Crippen MR) is 74.0 cm³/mol. The fourth-order valence-corrected chi connectivity index (χ4v) is 1.66. The van der Waals surface area contributed by atoms with Crippen LogP contribution in [0.4, 0.5) is 0 Å². The Morgan fingerprint density at radius 1 is 1.37 bits per heavy atom. The maximum absolute atomic E-state index is 11.8. The maximum Gasteiger partial charge on any atom is 0.252 e. The molecule has 106 valence electrons. The third-order valence-electron chi connectivity index (χ3n) is 2.80. The van der Waals surface area contributed by atoms with Crippen LogP contribution in [-0.2, 0) is 9.53 Å². The Kier molecular flexibility index (Phi) is 6.92. The number of benzene rings is 1. The molecule has 1 amide bonds. The first kappa shape index (κ1) is 15.5. The molecular weight excluding hydrogens is 244 g/mol. The molecule has 0 spiro atoms. The van der Waals surface area contributed by atoms with Crippen molar-refractivity contribution in [1.29, 1.82) is 0 Å². The van der Waals surface area contributed by atoms with Gasteiger partial charge < -0.3 is 20.1 Å². The molecule has 0 aliphatic rings. The van der Waals surface area contributed by atoms with Crippen LogP contribution in [-0.4, -0.2) is 50.8 Å². The van der Waals surface area contributed by atoms with Crippen molar-refractivity contribution in [2.75, 3.05) is 33.9 Å². The molecule has 0 aromatic heterocycles. The maximum atomic E-state index is 11.8. The van der Waals surface area contributed by atoms with Crippen molar-refractivity contribution in [3.63, 3.8) is 0 Å². The minimum absolute atomic E-state index is 0.0929. The van der Waals surface area contributed by atoms with Crippen molar-refractivity contribution in [1.82, 2.24) is 4.90 Å². The second-order valence-corrected chi connectivity index (χ2v) is 4.23. The molecule has 1 aromatic carbocycles. The van der Waals surface area contributed by atoms with Crippen LogP contribution in [0.3, 0.4) is 0 Å². The van der Waals surface area contributed by atoms with Crippen LogP contribution >= 0.6 is 0 Å². The van der Waals surface area contributed by atoms with Gasteiger partial charge in [0.1, 0.15) is 11.9 Å². The summed E-state index contributed by atoms with van der Waals surface area (Å²) in [6.07, 6.45) is 0.207. The molecule has 2 N–H and O–H groups in total. The molecule has 0 saturated heterocycles. The zero-order valence-electron chi connectivity index (χ0n) is 11.5. The van der Waals surface area contributed by atoms with E-state index in [4.69, 9.17) is 15.2 Å². The van der Waals surface area contributed by atoms with Crippen molar-refractivity contribution in [3.05, 3.63) is 30.3 Å². The predicted octanol–water partition coefficient (Wildman–Crippen LogP) is 0.888. The summed E-state index contributed by atoms with van der Waals surface area (Å²) in [7, 11) is 3.23. The molecule has 0 bridgehead atoms. The summed E-state index contributed by atoms with van der Waals surface area (Å²) >= 11 is 0. The normalized spacial score (nSPS) is 11.9. The van der Waals surface area contributed by atoms with E-state index < -0.39 is 6.10 Å². The number of ether oxygens (including phenoxy) is 2. The van der Waals surface area contributed by atoms with E-state index in [0.29, 0.717) is 13.2 Å². The molecule has 19 heavy (non-hydrogen) atoms. The molecule has 0 fully saturated rings. The third-order valence-corrected chi connectivity index (χ3v) is 2.80. The lowest BCUT2D eigenvalue weighted by molar-refractivity contribution is -0.140. The molecule has 5 nitrogen and oxygen atoms in total. The van der Waals surface area contributed by atoms with Crippen molar-refractivity contribution >= 4 is 5.91 Å². The van der Waals surface area contributed by atoms with Gasteiger partial charge in [0, 0.05) is 27.2 Å².